The number of nitrogens with zero attached hydrogens (tertiary/aromatic N) is 2. The minimum atomic E-state index is 1.07. The number of hydrogen-bond donors (Lipinski definition) is 0. The van der Waals surface area contributed by atoms with Gasteiger partial charge in [-0.15, -0.1) is 0 Å². The maximum atomic E-state index is 4.59. The van der Waals surface area contributed by atoms with Gasteiger partial charge in [-0.25, -0.2) is 0 Å². The van der Waals surface area contributed by atoms with Crippen LogP contribution in [-0.2, 0) is 12.8 Å². The SMILES string of the molecule is CCCCc1cc2cc3cc(CCCC)ncc3cc2cn1. The molecule has 0 fully saturated rings. The molecule has 0 atom stereocenters. The molecule has 0 bridgehead atoms. The molecule has 0 spiro atoms. The van der Waals surface area contributed by atoms with Crippen molar-refractivity contribution in [1.82, 2.24) is 9.97 Å². The molecule has 0 saturated heterocycles. The number of pyridine rings is 2. The molecular formula is C20H24N2. The summed E-state index contributed by atoms with van der Waals surface area (Å²) < 4.78 is 0. The fourth-order valence-corrected chi connectivity index (χ4v) is 2.87. The molecular weight excluding hydrogens is 268 g/mol. The molecule has 0 N–H and O–H groups in total. The van der Waals surface area contributed by atoms with Gasteiger partial charge >= 0.3 is 0 Å². The van der Waals surface area contributed by atoms with E-state index in [4.69, 9.17) is 0 Å². The van der Waals surface area contributed by atoms with E-state index in [0.717, 1.165) is 12.8 Å². The number of benzene rings is 1. The van der Waals surface area contributed by atoms with E-state index in [1.54, 1.807) is 0 Å². The zero-order valence-electron chi connectivity index (χ0n) is 13.6. The van der Waals surface area contributed by atoms with Crippen LogP contribution in [0.2, 0.25) is 0 Å². The topological polar surface area (TPSA) is 25.8 Å². The van der Waals surface area contributed by atoms with Gasteiger partial charge < -0.3 is 0 Å². The second-order valence-electron chi connectivity index (χ2n) is 6.10. The van der Waals surface area contributed by atoms with Crippen molar-refractivity contribution in [3.8, 4) is 0 Å². The molecule has 114 valence electrons. The molecule has 1 aromatic carbocycles. The van der Waals surface area contributed by atoms with Crippen LogP contribution in [-0.4, -0.2) is 9.97 Å². The highest BCUT2D eigenvalue weighted by molar-refractivity contribution is 5.97. The molecule has 0 radical (unpaired) electrons. The van der Waals surface area contributed by atoms with Crippen LogP contribution >= 0.6 is 0 Å². The van der Waals surface area contributed by atoms with Crippen molar-refractivity contribution in [2.45, 2.75) is 52.4 Å². The minimum absolute atomic E-state index is 1.07. The van der Waals surface area contributed by atoms with Gasteiger partial charge in [0.15, 0.2) is 0 Å². The molecule has 22 heavy (non-hydrogen) atoms. The maximum absolute atomic E-state index is 4.59. The number of aromatic nitrogens is 2. The Balaban J connectivity index is 1.99. The molecule has 2 nitrogen and oxygen atoms in total. The Bertz CT molecular complexity index is 714. The molecule has 0 aliphatic heterocycles. The fourth-order valence-electron chi connectivity index (χ4n) is 2.87. The zero-order valence-corrected chi connectivity index (χ0v) is 13.6. The third-order valence-electron chi connectivity index (χ3n) is 4.24. The molecule has 0 unspecified atom stereocenters. The summed E-state index contributed by atoms with van der Waals surface area (Å²) in [5.41, 5.74) is 2.41. The lowest BCUT2D eigenvalue weighted by molar-refractivity contribution is 0.778. The number of aryl methyl sites for hydroxylation is 2. The average Bonchev–Trinajstić information content (AvgIpc) is 2.56. The first-order valence-electron chi connectivity index (χ1n) is 8.47. The largest absolute Gasteiger partial charge is 0.261 e. The van der Waals surface area contributed by atoms with Crippen LogP contribution < -0.4 is 0 Å². The Labute approximate surface area is 132 Å². The van der Waals surface area contributed by atoms with Crippen LogP contribution in [0.5, 0.6) is 0 Å². The monoisotopic (exact) mass is 292 g/mol. The van der Waals surface area contributed by atoms with Crippen LogP contribution in [0.4, 0.5) is 0 Å². The third kappa shape index (κ3) is 3.27. The summed E-state index contributed by atoms with van der Waals surface area (Å²) in [6.07, 6.45) is 11.0. The summed E-state index contributed by atoms with van der Waals surface area (Å²) in [5, 5.41) is 4.99. The summed E-state index contributed by atoms with van der Waals surface area (Å²) in [5.74, 6) is 0. The summed E-state index contributed by atoms with van der Waals surface area (Å²) in [4.78, 5) is 9.18. The Hall–Kier alpha value is -1.96. The molecule has 0 aliphatic rings. The Morgan fingerprint density at radius 1 is 0.636 bits per heavy atom. The molecule has 0 amide bonds. The van der Waals surface area contributed by atoms with Crippen molar-refractivity contribution in [2.75, 3.05) is 0 Å². The number of fused-ring (bicyclic) bond motifs is 2. The van der Waals surface area contributed by atoms with Crippen molar-refractivity contribution in [1.29, 1.82) is 0 Å². The standard InChI is InChI=1S/C20H24N2/c1-3-5-7-19-11-15-9-16-12-20(8-6-4-2)22-14-18(16)10-17(15)13-21-19/h9-14H,3-8H2,1-2H3. The Morgan fingerprint density at radius 2 is 1.09 bits per heavy atom. The van der Waals surface area contributed by atoms with Gasteiger partial charge in [0.05, 0.1) is 0 Å². The highest BCUT2D eigenvalue weighted by atomic mass is 14.7. The van der Waals surface area contributed by atoms with Crippen molar-refractivity contribution >= 4 is 21.5 Å². The molecule has 2 heteroatoms. The third-order valence-corrected chi connectivity index (χ3v) is 4.24. The predicted molar refractivity (Wildman–Crippen MR) is 94.3 cm³/mol. The lowest BCUT2D eigenvalue weighted by Crippen LogP contribution is -1.92. The summed E-state index contributed by atoms with van der Waals surface area (Å²) in [7, 11) is 0. The van der Waals surface area contributed by atoms with Gasteiger partial charge in [-0.05, 0) is 60.7 Å². The zero-order chi connectivity index (χ0) is 15.4. The smallest absolute Gasteiger partial charge is 0.0410 e. The Kier molecular flexibility index (Phi) is 4.67. The fraction of sp³-hybridized carbons (Fsp3) is 0.400. The highest BCUT2D eigenvalue weighted by Crippen LogP contribution is 2.24. The molecule has 3 aromatic rings. The van der Waals surface area contributed by atoms with E-state index in [2.05, 4.69) is 48.1 Å². The van der Waals surface area contributed by atoms with E-state index < -0.39 is 0 Å². The van der Waals surface area contributed by atoms with Gasteiger partial charge in [-0.2, -0.15) is 0 Å². The lowest BCUT2D eigenvalue weighted by atomic mass is 10.0. The minimum Gasteiger partial charge on any atom is -0.261 e. The second-order valence-corrected chi connectivity index (χ2v) is 6.10. The second kappa shape index (κ2) is 6.87. The molecule has 3 rings (SSSR count). The predicted octanol–water partition coefficient (Wildman–Crippen LogP) is 5.47. The van der Waals surface area contributed by atoms with Crippen LogP contribution in [0, 0.1) is 0 Å². The number of rotatable bonds is 6. The highest BCUT2D eigenvalue weighted by Gasteiger charge is 2.03. The van der Waals surface area contributed by atoms with Gasteiger partial charge in [-0.3, -0.25) is 9.97 Å². The van der Waals surface area contributed by atoms with Crippen molar-refractivity contribution in [2.24, 2.45) is 0 Å². The van der Waals surface area contributed by atoms with Crippen LogP contribution in [0.1, 0.15) is 50.9 Å². The van der Waals surface area contributed by atoms with Crippen molar-refractivity contribution in [3.05, 3.63) is 48.0 Å². The lowest BCUT2D eigenvalue weighted by Gasteiger charge is -2.06. The van der Waals surface area contributed by atoms with Crippen LogP contribution in [0.15, 0.2) is 36.7 Å². The van der Waals surface area contributed by atoms with E-state index in [9.17, 15) is 0 Å². The Morgan fingerprint density at radius 3 is 1.55 bits per heavy atom. The first-order valence-corrected chi connectivity index (χ1v) is 8.47. The van der Waals surface area contributed by atoms with Gasteiger partial charge in [-0.1, -0.05) is 26.7 Å². The molecule has 2 aromatic heterocycles. The average molecular weight is 292 g/mol. The van der Waals surface area contributed by atoms with Gasteiger partial charge in [0.1, 0.15) is 0 Å². The van der Waals surface area contributed by atoms with Crippen molar-refractivity contribution in [3.63, 3.8) is 0 Å². The van der Waals surface area contributed by atoms with Gasteiger partial charge in [0.25, 0.3) is 0 Å². The van der Waals surface area contributed by atoms with E-state index in [0.29, 0.717) is 0 Å². The van der Waals surface area contributed by atoms with Crippen LogP contribution in [0.3, 0.4) is 0 Å². The van der Waals surface area contributed by atoms with E-state index in [-0.39, 0.29) is 0 Å². The van der Waals surface area contributed by atoms with Gasteiger partial charge in [0, 0.05) is 34.6 Å². The summed E-state index contributed by atoms with van der Waals surface area (Å²) >= 11 is 0. The maximum Gasteiger partial charge on any atom is 0.0410 e. The first kappa shape index (κ1) is 15.0. The van der Waals surface area contributed by atoms with E-state index in [1.165, 1.54) is 58.6 Å². The van der Waals surface area contributed by atoms with Crippen LogP contribution in [0.25, 0.3) is 21.5 Å². The quantitative estimate of drug-likeness (QED) is 0.563. The number of hydrogen-bond acceptors (Lipinski definition) is 2. The molecule has 2 heterocycles. The van der Waals surface area contributed by atoms with E-state index in [1.807, 2.05) is 12.4 Å². The van der Waals surface area contributed by atoms with E-state index >= 15 is 0 Å². The summed E-state index contributed by atoms with van der Waals surface area (Å²) in [6.45, 7) is 4.44. The molecule has 0 saturated carbocycles. The van der Waals surface area contributed by atoms with Crippen molar-refractivity contribution < 1.29 is 0 Å². The first-order chi connectivity index (χ1) is 10.8. The summed E-state index contributed by atoms with van der Waals surface area (Å²) in [6, 6.07) is 8.99. The van der Waals surface area contributed by atoms with Gasteiger partial charge in [0.2, 0.25) is 0 Å². The normalized spacial score (nSPS) is 11.4. The number of unbranched alkanes of at least 4 members (excludes halogenated alkanes) is 2. The molecule has 0 aliphatic carbocycles.